The van der Waals surface area contributed by atoms with Gasteiger partial charge < -0.3 is 10.3 Å². The molecule has 0 aromatic carbocycles. The van der Waals surface area contributed by atoms with Crippen LogP contribution in [0.1, 0.15) is 0 Å². The molecule has 0 aliphatic heterocycles. The zero-order valence-electron chi connectivity index (χ0n) is 4.29. The van der Waals surface area contributed by atoms with E-state index in [1.807, 2.05) is 5.43 Å². The van der Waals surface area contributed by atoms with Crippen LogP contribution in [-0.4, -0.2) is 42.7 Å². The molecule has 0 atom stereocenters. The Morgan fingerprint density at radius 1 is 1.89 bits per heavy atom. The Hall–Kier alpha value is 0.330. The van der Waals surface area contributed by atoms with Gasteiger partial charge in [-0.15, -0.1) is 4.85 Å². The molecule has 0 radical (unpaired) electrons. The summed E-state index contributed by atoms with van der Waals surface area (Å²) in [4.78, 5) is 13.1. The molecule has 0 aliphatic rings. The molecule has 0 heterocycles. The number of carbonyl (C=O) groups is 1. The first kappa shape index (κ1) is 12.0. The van der Waals surface area contributed by atoms with E-state index in [0.717, 1.165) is 0 Å². The Bertz CT molecular complexity index is 108. The van der Waals surface area contributed by atoms with Crippen molar-refractivity contribution in [2.24, 2.45) is 10.6 Å². The number of carbonyl (C=O) groups excluding carboxylic acids is 1. The van der Waals surface area contributed by atoms with Crippen molar-refractivity contribution in [3.05, 3.63) is 0 Å². The van der Waals surface area contributed by atoms with Crippen molar-refractivity contribution >= 4 is 44.2 Å². The normalized spacial score (nSPS) is 8.56. The van der Waals surface area contributed by atoms with Crippen LogP contribution in [0.5, 0.6) is 0 Å². The van der Waals surface area contributed by atoms with Crippen LogP contribution in [0.15, 0.2) is 4.85 Å². The Morgan fingerprint density at radius 3 is 2.78 bits per heavy atom. The molecule has 0 spiro atoms. The number of amides is 2. The van der Waals surface area contributed by atoms with E-state index in [9.17, 15) is 4.79 Å². The number of urea groups is 1. The second-order valence-corrected chi connectivity index (χ2v) is 1.57. The fourth-order valence-corrected chi connectivity index (χ4v) is 0.332. The minimum atomic E-state index is -0.686. The second-order valence-electron chi connectivity index (χ2n) is 0.840. The molecule has 0 rings (SSSR count). The van der Waals surface area contributed by atoms with Gasteiger partial charge in [0.05, 0.1) is 0 Å². The predicted molar refractivity (Wildman–Crippen MR) is 36.2 cm³/mol. The molecule has 9 heavy (non-hydrogen) atoms. The van der Waals surface area contributed by atoms with E-state index in [1.165, 1.54) is 7.11 Å². The van der Waals surface area contributed by atoms with Crippen molar-refractivity contribution in [2.45, 2.75) is 0 Å². The number of rotatable bonds is 2. The molecule has 0 fully saturated rings. The summed E-state index contributed by atoms with van der Waals surface area (Å²) in [7, 11) is 1.79. The quantitative estimate of drug-likeness (QED) is 0.327. The molecular formula is C2H7N3NaO2P. The number of nitrogens with two attached hydrogens (primary N) is 1. The Labute approximate surface area is 76.6 Å². The maximum absolute atomic E-state index is 9.83. The van der Waals surface area contributed by atoms with Crippen molar-refractivity contribution < 1.29 is 9.32 Å². The van der Waals surface area contributed by atoms with Crippen molar-refractivity contribution in [1.29, 1.82) is 0 Å². The molecule has 0 aliphatic carbocycles. The standard InChI is InChI=1S/C2H6N3O2P.Na.H/c1-7-8-5-4-2(3)6;;/h1H3,(H3,3,4,6);;. The molecule has 48 valence electrons. The average molecular weight is 159 g/mol. The summed E-state index contributed by atoms with van der Waals surface area (Å²) in [6, 6.07) is -0.686. The zero-order valence-corrected chi connectivity index (χ0v) is 5.18. The number of hydrogen-bond donors (Lipinski definition) is 2. The average Bonchev–Trinajstić information content (AvgIpc) is 1.66. The molecule has 2 amide bonds. The molecule has 0 aromatic rings. The van der Waals surface area contributed by atoms with E-state index >= 15 is 0 Å². The molecule has 5 nitrogen and oxygen atoms in total. The van der Waals surface area contributed by atoms with E-state index in [2.05, 4.69) is 15.1 Å². The third-order valence-electron chi connectivity index (χ3n) is 0.283. The SMILES string of the molecule is COP=NNC(N)=O.[NaH]. The van der Waals surface area contributed by atoms with E-state index in [0.29, 0.717) is 8.60 Å². The van der Waals surface area contributed by atoms with Gasteiger partial charge in [0, 0.05) is 7.11 Å². The predicted octanol–water partition coefficient (Wildman–Crippen LogP) is -0.388. The van der Waals surface area contributed by atoms with E-state index in [1.54, 1.807) is 0 Å². The van der Waals surface area contributed by atoms with Crippen molar-refractivity contribution in [3.63, 3.8) is 0 Å². The van der Waals surface area contributed by atoms with Crippen LogP contribution in [0.3, 0.4) is 0 Å². The maximum atomic E-state index is 9.83. The fourth-order valence-electron chi connectivity index (χ4n) is 0.111. The van der Waals surface area contributed by atoms with Crippen molar-refractivity contribution in [2.75, 3.05) is 7.11 Å². The van der Waals surface area contributed by atoms with E-state index in [-0.39, 0.29) is 29.6 Å². The summed E-state index contributed by atoms with van der Waals surface area (Å²) in [6.45, 7) is 0. The summed E-state index contributed by atoms with van der Waals surface area (Å²) < 4.78 is 4.43. The van der Waals surface area contributed by atoms with Crippen molar-refractivity contribution in [3.8, 4) is 0 Å². The molecule has 3 N–H and O–H groups in total. The van der Waals surface area contributed by atoms with Crippen LogP contribution < -0.4 is 11.2 Å². The van der Waals surface area contributed by atoms with Gasteiger partial charge in [-0.05, 0) is 0 Å². The van der Waals surface area contributed by atoms with Crippen LogP contribution in [0.25, 0.3) is 0 Å². The van der Waals surface area contributed by atoms with Crippen LogP contribution >= 0.6 is 8.60 Å². The van der Waals surface area contributed by atoms with Gasteiger partial charge in [0.15, 0.2) is 8.60 Å². The van der Waals surface area contributed by atoms with E-state index in [4.69, 9.17) is 0 Å². The van der Waals surface area contributed by atoms with E-state index < -0.39 is 6.03 Å². The van der Waals surface area contributed by atoms with Gasteiger partial charge in [-0.3, -0.25) is 0 Å². The Morgan fingerprint density at radius 2 is 2.44 bits per heavy atom. The number of nitrogens with zero attached hydrogens (tertiary/aromatic N) is 1. The topological polar surface area (TPSA) is 76.7 Å². The first-order valence-electron chi connectivity index (χ1n) is 1.76. The second kappa shape index (κ2) is 8.33. The Kier molecular flexibility index (Phi) is 11.2. The van der Waals surface area contributed by atoms with Gasteiger partial charge in [-0.25, -0.2) is 10.2 Å². The van der Waals surface area contributed by atoms with Gasteiger partial charge in [0.1, 0.15) is 0 Å². The van der Waals surface area contributed by atoms with Gasteiger partial charge in [-0.1, -0.05) is 0 Å². The molecule has 0 bridgehead atoms. The zero-order chi connectivity index (χ0) is 6.41. The van der Waals surface area contributed by atoms with Gasteiger partial charge in [0.25, 0.3) is 0 Å². The third-order valence-corrected chi connectivity index (χ3v) is 0.628. The minimum absolute atomic E-state index is 0. The molecule has 7 heteroatoms. The number of hydrogen-bond acceptors (Lipinski definition) is 3. The number of nitrogens with one attached hydrogen (secondary N) is 1. The molecule has 0 saturated heterocycles. The van der Waals surface area contributed by atoms with Crippen LogP contribution in [0.4, 0.5) is 4.79 Å². The number of primary amides is 1. The Balaban J connectivity index is 0. The molecule has 0 saturated carbocycles. The third kappa shape index (κ3) is 11.7. The summed E-state index contributed by atoms with van der Waals surface area (Å²) in [5.41, 5.74) is 6.60. The first-order valence-corrected chi connectivity index (χ1v) is 2.52. The summed E-state index contributed by atoms with van der Waals surface area (Å²) in [6.07, 6.45) is 0. The first-order chi connectivity index (χ1) is 3.77. The molecule has 0 unspecified atom stereocenters. The molecule has 0 aromatic heterocycles. The van der Waals surface area contributed by atoms with Crippen molar-refractivity contribution in [1.82, 2.24) is 5.43 Å². The summed E-state index contributed by atoms with van der Waals surface area (Å²) in [5, 5.41) is 0. The fraction of sp³-hybridized carbons (Fsp3) is 0.500. The monoisotopic (exact) mass is 159 g/mol. The summed E-state index contributed by atoms with van der Waals surface area (Å²) >= 11 is 0. The van der Waals surface area contributed by atoms with Gasteiger partial charge in [0.2, 0.25) is 0 Å². The van der Waals surface area contributed by atoms with Gasteiger partial charge >= 0.3 is 35.6 Å². The molecular weight excluding hydrogens is 152 g/mol. The van der Waals surface area contributed by atoms with Crippen LogP contribution in [0, 0.1) is 0 Å². The van der Waals surface area contributed by atoms with Crippen LogP contribution in [-0.2, 0) is 4.52 Å². The van der Waals surface area contributed by atoms with Gasteiger partial charge in [-0.2, -0.15) is 0 Å². The summed E-state index contributed by atoms with van der Waals surface area (Å²) in [5.74, 6) is 0. The van der Waals surface area contributed by atoms with Crippen LogP contribution in [0.2, 0.25) is 0 Å².